The molecule has 3 N–H and O–H groups in total. The Bertz CT molecular complexity index is 275. The van der Waals surface area contributed by atoms with E-state index in [0.29, 0.717) is 13.0 Å². The van der Waals surface area contributed by atoms with Crippen LogP contribution in [0, 0.1) is 11.8 Å². The molecule has 0 rings (SSSR count). The van der Waals surface area contributed by atoms with Crippen LogP contribution < -0.4 is 11.1 Å². The molecular weight excluding hydrogens is 280 g/mol. The summed E-state index contributed by atoms with van der Waals surface area (Å²) >= 11 is 3.53. The van der Waals surface area contributed by atoms with Gasteiger partial charge in [-0.3, -0.25) is 9.59 Å². The lowest BCUT2D eigenvalue weighted by Crippen LogP contribution is -2.36. The number of hydrogen-bond acceptors (Lipinski definition) is 4. The molecule has 0 spiro atoms. The fraction of sp³-hybridized carbons (Fsp3) is 0.846. The molecule has 0 aromatic heterocycles. The maximum Gasteiger partial charge on any atom is 0.223 e. The first-order valence-corrected chi connectivity index (χ1v) is 9.06. The van der Waals surface area contributed by atoms with Crippen molar-refractivity contribution in [2.45, 2.75) is 27.2 Å². The highest BCUT2D eigenvalue weighted by molar-refractivity contribution is 7.99. The molecule has 0 aliphatic rings. The van der Waals surface area contributed by atoms with E-state index in [1.807, 2.05) is 0 Å². The minimum absolute atomic E-state index is 0.0470. The molecular formula is C13H26N2O2S2. The number of amides is 2. The van der Waals surface area contributed by atoms with Crippen molar-refractivity contribution >= 4 is 35.3 Å². The zero-order valence-electron chi connectivity index (χ0n) is 12.1. The van der Waals surface area contributed by atoms with Crippen molar-refractivity contribution in [2.24, 2.45) is 17.6 Å². The summed E-state index contributed by atoms with van der Waals surface area (Å²) in [6, 6.07) is 0. The number of nitrogens with one attached hydrogen (secondary N) is 1. The Morgan fingerprint density at radius 3 is 2.37 bits per heavy atom. The van der Waals surface area contributed by atoms with Gasteiger partial charge in [0.25, 0.3) is 0 Å². The van der Waals surface area contributed by atoms with Crippen LogP contribution in [-0.4, -0.2) is 41.4 Å². The molecule has 0 saturated carbocycles. The second kappa shape index (κ2) is 11.5. The molecule has 6 heteroatoms. The van der Waals surface area contributed by atoms with Crippen LogP contribution in [0.5, 0.6) is 0 Å². The molecule has 0 aliphatic heterocycles. The highest BCUT2D eigenvalue weighted by atomic mass is 32.2. The third-order valence-electron chi connectivity index (χ3n) is 2.77. The van der Waals surface area contributed by atoms with Gasteiger partial charge in [0.15, 0.2) is 0 Å². The Labute approximate surface area is 125 Å². The van der Waals surface area contributed by atoms with E-state index < -0.39 is 0 Å². The van der Waals surface area contributed by atoms with Crippen LogP contribution in [0.15, 0.2) is 0 Å². The van der Waals surface area contributed by atoms with Crippen molar-refractivity contribution in [3.8, 4) is 0 Å². The second-order valence-corrected chi connectivity index (χ2v) is 7.10. The molecule has 0 aromatic rings. The highest BCUT2D eigenvalue weighted by Crippen LogP contribution is 2.17. The van der Waals surface area contributed by atoms with Gasteiger partial charge in [-0.1, -0.05) is 20.8 Å². The van der Waals surface area contributed by atoms with Crippen LogP contribution in [0.3, 0.4) is 0 Å². The summed E-state index contributed by atoms with van der Waals surface area (Å²) in [5, 5.41) is 2.95. The third-order valence-corrected chi connectivity index (χ3v) is 4.71. The minimum atomic E-state index is -0.333. The van der Waals surface area contributed by atoms with Gasteiger partial charge in [-0.25, -0.2) is 0 Å². The molecule has 0 saturated heterocycles. The summed E-state index contributed by atoms with van der Waals surface area (Å²) < 4.78 is 0. The summed E-state index contributed by atoms with van der Waals surface area (Å²) in [5.41, 5.74) is 5.27. The third kappa shape index (κ3) is 9.21. The minimum Gasteiger partial charge on any atom is -0.369 e. The molecule has 0 radical (unpaired) electrons. The first-order chi connectivity index (χ1) is 9.02. The number of hydrogen-bond donors (Lipinski definition) is 2. The van der Waals surface area contributed by atoms with Gasteiger partial charge in [0.2, 0.25) is 11.8 Å². The van der Waals surface area contributed by atoms with Gasteiger partial charge in [-0.2, -0.15) is 23.5 Å². The predicted molar refractivity (Wildman–Crippen MR) is 85.5 cm³/mol. The van der Waals surface area contributed by atoms with Gasteiger partial charge < -0.3 is 11.1 Å². The monoisotopic (exact) mass is 306 g/mol. The van der Waals surface area contributed by atoms with Gasteiger partial charge in [0.1, 0.15) is 0 Å². The number of rotatable bonds is 11. The predicted octanol–water partition coefficient (Wildman–Crippen LogP) is 1.74. The van der Waals surface area contributed by atoms with Gasteiger partial charge in [-0.15, -0.1) is 0 Å². The number of primary amides is 1. The maximum absolute atomic E-state index is 12.1. The maximum atomic E-state index is 12.1. The van der Waals surface area contributed by atoms with E-state index in [1.165, 1.54) is 0 Å². The van der Waals surface area contributed by atoms with Crippen LogP contribution >= 0.6 is 23.5 Å². The van der Waals surface area contributed by atoms with E-state index in [2.05, 4.69) is 19.2 Å². The van der Waals surface area contributed by atoms with Crippen LogP contribution in [-0.2, 0) is 9.59 Å². The first-order valence-electron chi connectivity index (χ1n) is 6.75. The zero-order chi connectivity index (χ0) is 14.7. The van der Waals surface area contributed by atoms with Crippen LogP contribution in [0.25, 0.3) is 0 Å². The highest BCUT2D eigenvalue weighted by Gasteiger charge is 2.23. The molecule has 0 aliphatic carbocycles. The van der Waals surface area contributed by atoms with Crippen molar-refractivity contribution in [3.05, 3.63) is 0 Å². The van der Waals surface area contributed by atoms with E-state index in [-0.39, 0.29) is 23.7 Å². The quantitative estimate of drug-likeness (QED) is 0.570. The molecule has 2 unspecified atom stereocenters. The van der Waals surface area contributed by atoms with Crippen LogP contribution in [0.1, 0.15) is 27.2 Å². The summed E-state index contributed by atoms with van der Waals surface area (Å²) in [6.45, 7) is 6.64. The zero-order valence-corrected chi connectivity index (χ0v) is 13.7. The van der Waals surface area contributed by atoms with Crippen molar-refractivity contribution in [1.82, 2.24) is 5.32 Å². The number of nitrogens with two attached hydrogens (primary N) is 1. The molecule has 4 nitrogen and oxygen atoms in total. The van der Waals surface area contributed by atoms with Gasteiger partial charge in [-0.05, 0) is 17.9 Å². The Balaban J connectivity index is 4.22. The van der Waals surface area contributed by atoms with Crippen molar-refractivity contribution in [2.75, 3.05) is 29.6 Å². The lowest BCUT2D eigenvalue weighted by atomic mass is 9.96. The smallest absolute Gasteiger partial charge is 0.223 e. The SMILES string of the molecule is CCSCCNC(=O)C(CSCC)CC(C)C(N)=O. The van der Waals surface area contributed by atoms with Crippen LogP contribution in [0.4, 0.5) is 0 Å². The topological polar surface area (TPSA) is 72.2 Å². The van der Waals surface area contributed by atoms with Gasteiger partial charge in [0, 0.05) is 29.9 Å². The molecule has 2 amide bonds. The van der Waals surface area contributed by atoms with Gasteiger partial charge >= 0.3 is 0 Å². The van der Waals surface area contributed by atoms with E-state index in [0.717, 1.165) is 23.0 Å². The fourth-order valence-corrected chi connectivity index (χ4v) is 2.93. The lowest BCUT2D eigenvalue weighted by molar-refractivity contribution is -0.126. The molecule has 0 aromatic carbocycles. The summed E-state index contributed by atoms with van der Waals surface area (Å²) in [6.07, 6.45) is 0.537. The summed E-state index contributed by atoms with van der Waals surface area (Å²) in [7, 11) is 0. The van der Waals surface area contributed by atoms with E-state index in [1.54, 1.807) is 30.4 Å². The first kappa shape index (κ1) is 18.6. The summed E-state index contributed by atoms with van der Waals surface area (Å²) in [4.78, 5) is 23.2. The van der Waals surface area contributed by atoms with Crippen molar-refractivity contribution in [3.63, 3.8) is 0 Å². The fourth-order valence-electron chi connectivity index (χ4n) is 1.59. The van der Waals surface area contributed by atoms with Gasteiger partial charge in [0.05, 0.1) is 0 Å². The Morgan fingerprint density at radius 2 is 1.84 bits per heavy atom. The normalized spacial score (nSPS) is 13.8. The Morgan fingerprint density at radius 1 is 1.21 bits per heavy atom. The standard InChI is InChI=1S/C13H26N2O2S2/c1-4-18-7-6-15-13(17)11(9-19-5-2)8-10(3)12(14)16/h10-11H,4-9H2,1-3H3,(H2,14,16)(H,15,17). The van der Waals surface area contributed by atoms with Crippen molar-refractivity contribution < 1.29 is 9.59 Å². The second-order valence-electron chi connectivity index (χ2n) is 4.38. The number of thioether (sulfide) groups is 2. The molecule has 0 bridgehead atoms. The number of carbonyl (C=O) groups is 2. The average molecular weight is 306 g/mol. The Hall–Kier alpha value is -0.360. The molecule has 0 heterocycles. The Kier molecular flexibility index (Phi) is 11.2. The average Bonchev–Trinajstić information content (AvgIpc) is 2.38. The molecule has 19 heavy (non-hydrogen) atoms. The van der Waals surface area contributed by atoms with E-state index in [9.17, 15) is 9.59 Å². The lowest BCUT2D eigenvalue weighted by Gasteiger charge is -2.18. The molecule has 0 fully saturated rings. The number of carbonyl (C=O) groups excluding carboxylic acids is 2. The van der Waals surface area contributed by atoms with Crippen molar-refractivity contribution in [1.29, 1.82) is 0 Å². The van der Waals surface area contributed by atoms with E-state index >= 15 is 0 Å². The van der Waals surface area contributed by atoms with E-state index in [4.69, 9.17) is 5.73 Å². The largest absolute Gasteiger partial charge is 0.369 e. The van der Waals surface area contributed by atoms with Crippen LogP contribution in [0.2, 0.25) is 0 Å². The summed E-state index contributed by atoms with van der Waals surface area (Å²) in [5.74, 6) is 3.05. The molecule has 2 atom stereocenters. The molecule has 112 valence electrons.